The van der Waals surface area contributed by atoms with Gasteiger partial charge in [0.2, 0.25) is 0 Å². The highest BCUT2D eigenvalue weighted by Crippen LogP contribution is 2.34. The lowest BCUT2D eigenvalue weighted by Gasteiger charge is -2.43. The summed E-state index contributed by atoms with van der Waals surface area (Å²) in [6, 6.07) is 2.38. The molecule has 0 amide bonds. The van der Waals surface area contributed by atoms with E-state index in [1.807, 2.05) is 0 Å². The summed E-state index contributed by atoms with van der Waals surface area (Å²) in [5, 5.41) is 7.96. The van der Waals surface area contributed by atoms with Crippen LogP contribution < -0.4 is 10.6 Å². The lowest BCUT2D eigenvalue weighted by molar-refractivity contribution is 0.146. The normalized spacial score (nSPS) is 45.4. The van der Waals surface area contributed by atoms with Crippen LogP contribution in [-0.4, -0.2) is 24.7 Å². The zero-order valence-electron chi connectivity index (χ0n) is 14.2. The van der Waals surface area contributed by atoms with E-state index in [0.29, 0.717) is 0 Å². The molecule has 2 aliphatic carbocycles. The standard InChI is InChI=1S/C19H36N2/c1-14-11-15(2)13-16(12-14)21-19-9-4-3-7-17(19)18-8-5-6-10-20-18/h14-21H,3-13H2,1-2H3. The van der Waals surface area contributed by atoms with Gasteiger partial charge in [0.1, 0.15) is 0 Å². The minimum absolute atomic E-state index is 0.789. The zero-order valence-corrected chi connectivity index (χ0v) is 14.2. The van der Waals surface area contributed by atoms with Crippen molar-refractivity contribution in [1.29, 1.82) is 0 Å². The molecular weight excluding hydrogens is 256 g/mol. The lowest BCUT2D eigenvalue weighted by atomic mass is 9.75. The fourth-order valence-corrected chi connectivity index (χ4v) is 5.48. The van der Waals surface area contributed by atoms with Crippen LogP contribution in [0.1, 0.15) is 78.1 Å². The third-order valence-corrected chi connectivity index (χ3v) is 6.31. The highest BCUT2D eigenvalue weighted by Gasteiger charge is 2.34. The Hall–Kier alpha value is -0.0800. The van der Waals surface area contributed by atoms with Gasteiger partial charge in [-0.3, -0.25) is 0 Å². The lowest BCUT2D eigenvalue weighted by Crippen LogP contribution is -2.53. The zero-order chi connectivity index (χ0) is 14.7. The molecule has 122 valence electrons. The van der Waals surface area contributed by atoms with Gasteiger partial charge in [-0.15, -0.1) is 0 Å². The fraction of sp³-hybridized carbons (Fsp3) is 1.00. The Balaban J connectivity index is 1.58. The molecule has 2 heteroatoms. The van der Waals surface area contributed by atoms with Gasteiger partial charge in [0, 0.05) is 18.1 Å². The van der Waals surface area contributed by atoms with Crippen LogP contribution in [0.25, 0.3) is 0 Å². The summed E-state index contributed by atoms with van der Waals surface area (Å²) < 4.78 is 0. The molecule has 2 saturated carbocycles. The molecule has 1 heterocycles. The van der Waals surface area contributed by atoms with E-state index < -0.39 is 0 Å². The first kappa shape index (κ1) is 15.8. The van der Waals surface area contributed by atoms with E-state index in [1.54, 1.807) is 0 Å². The molecule has 0 aromatic heterocycles. The van der Waals surface area contributed by atoms with Gasteiger partial charge in [0.15, 0.2) is 0 Å². The predicted octanol–water partition coefficient (Wildman–Crippen LogP) is 4.10. The Morgan fingerprint density at radius 1 is 0.810 bits per heavy atom. The molecule has 3 fully saturated rings. The third kappa shape index (κ3) is 4.22. The Morgan fingerprint density at radius 2 is 1.52 bits per heavy atom. The molecule has 0 aromatic rings. The molecule has 2 nitrogen and oxygen atoms in total. The van der Waals surface area contributed by atoms with Crippen LogP contribution in [0.5, 0.6) is 0 Å². The van der Waals surface area contributed by atoms with Gasteiger partial charge in [-0.2, -0.15) is 0 Å². The summed E-state index contributed by atoms with van der Waals surface area (Å²) in [7, 11) is 0. The van der Waals surface area contributed by atoms with Crippen molar-refractivity contribution >= 4 is 0 Å². The Morgan fingerprint density at radius 3 is 2.24 bits per heavy atom. The average molecular weight is 293 g/mol. The van der Waals surface area contributed by atoms with Crippen LogP contribution in [0.15, 0.2) is 0 Å². The number of nitrogens with one attached hydrogen (secondary N) is 2. The van der Waals surface area contributed by atoms with Gasteiger partial charge in [-0.05, 0) is 69.2 Å². The quantitative estimate of drug-likeness (QED) is 0.818. The molecule has 1 saturated heterocycles. The monoisotopic (exact) mass is 292 g/mol. The van der Waals surface area contributed by atoms with Gasteiger partial charge < -0.3 is 10.6 Å². The van der Waals surface area contributed by atoms with Gasteiger partial charge in [0.25, 0.3) is 0 Å². The Kier molecular flexibility index (Phi) is 5.61. The molecule has 0 spiro atoms. The molecule has 21 heavy (non-hydrogen) atoms. The van der Waals surface area contributed by atoms with Crippen LogP contribution in [0, 0.1) is 17.8 Å². The van der Waals surface area contributed by atoms with Crippen LogP contribution in [0.4, 0.5) is 0 Å². The van der Waals surface area contributed by atoms with Crippen molar-refractivity contribution in [1.82, 2.24) is 10.6 Å². The number of rotatable bonds is 3. The van der Waals surface area contributed by atoms with Gasteiger partial charge in [-0.25, -0.2) is 0 Å². The smallest absolute Gasteiger partial charge is 0.0113 e. The third-order valence-electron chi connectivity index (χ3n) is 6.31. The summed E-state index contributed by atoms with van der Waals surface area (Å²) in [5.41, 5.74) is 0. The van der Waals surface area contributed by atoms with Crippen LogP contribution in [0.3, 0.4) is 0 Å². The maximum Gasteiger partial charge on any atom is 0.0113 e. The largest absolute Gasteiger partial charge is 0.314 e. The first-order valence-electron chi connectivity index (χ1n) is 9.72. The van der Waals surface area contributed by atoms with Crippen molar-refractivity contribution < 1.29 is 0 Å². The first-order valence-corrected chi connectivity index (χ1v) is 9.72. The maximum absolute atomic E-state index is 4.13. The van der Waals surface area contributed by atoms with E-state index in [2.05, 4.69) is 24.5 Å². The maximum atomic E-state index is 4.13. The van der Waals surface area contributed by atoms with Crippen molar-refractivity contribution in [2.24, 2.45) is 17.8 Å². The number of hydrogen-bond donors (Lipinski definition) is 2. The van der Waals surface area contributed by atoms with E-state index in [-0.39, 0.29) is 0 Å². The fourth-order valence-electron chi connectivity index (χ4n) is 5.48. The topological polar surface area (TPSA) is 24.1 Å². The number of piperidine rings is 1. The Bertz CT molecular complexity index is 301. The Labute approximate surface area is 131 Å². The van der Waals surface area contributed by atoms with E-state index in [9.17, 15) is 0 Å². The highest BCUT2D eigenvalue weighted by atomic mass is 15.0. The SMILES string of the molecule is CC1CC(C)CC(NC2CCCCC2C2CCCCN2)C1. The van der Waals surface area contributed by atoms with Crippen molar-refractivity contribution in [2.45, 2.75) is 96.2 Å². The molecule has 3 aliphatic rings. The molecule has 2 N–H and O–H groups in total. The van der Waals surface area contributed by atoms with E-state index >= 15 is 0 Å². The molecule has 3 rings (SSSR count). The van der Waals surface area contributed by atoms with E-state index in [0.717, 1.165) is 35.9 Å². The van der Waals surface area contributed by atoms with E-state index in [1.165, 1.54) is 70.8 Å². The minimum Gasteiger partial charge on any atom is -0.314 e. The van der Waals surface area contributed by atoms with E-state index in [4.69, 9.17) is 0 Å². The summed E-state index contributed by atoms with van der Waals surface area (Å²) in [4.78, 5) is 0. The second-order valence-corrected chi connectivity index (χ2v) is 8.39. The molecule has 1 aliphatic heterocycles. The van der Waals surface area contributed by atoms with Gasteiger partial charge in [-0.1, -0.05) is 33.1 Å². The van der Waals surface area contributed by atoms with Crippen LogP contribution >= 0.6 is 0 Å². The second-order valence-electron chi connectivity index (χ2n) is 8.39. The highest BCUT2D eigenvalue weighted by molar-refractivity contribution is 4.93. The predicted molar refractivity (Wildman–Crippen MR) is 90.5 cm³/mol. The summed E-state index contributed by atoms with van der Waals surface area (Å²) in [5.74, 6) is 2.73. The van der Waals surface area contributed by atoms with Gasteiger partial charge in [0.05, 0.1) is 0 Å². The molecule has 5 unspecified atom stereocenters. The van der Waals surface area contributed by atoms with Crippen molar-refractivity contribution in [3.8, 4) is 0 Å². The average Bonchev–Trinajstić information content (AvgIpc) is 2.48. The van der Waals surface area contributed by atoms with Crippen molar-refractivity contribution in [2.75, 3.05) is 6.54 Å². The van der Waals surface area contributed by atoms with Crippen molar-refractivity contribution in [3.05, 3.63) is 0 Å². The summed E-state index contributed by atoms with van der Waals surface area (Å²) >= 11 is 0. The van der Waals surface area contributed by atoms with Crippen LogP contribution in [-0.2, 0) is 0 Å². The number of hydrogen-bond acceptors (Lipinski definition) is 2. The summed E-state index contributed by atoms with van der Waals surface area (Å²) in [6.45, 7) is 6.15. The molecule has 0 aromatic carbocycles. The molecule has 5 atom stereocenters. The minimum atomic E-state index is 0.789. The van der Waals surface area contributed by atoms with Gasteiger partial charge >= 0.3 is 0 Å². The first-order chi connectivity index (χ1) is 10.2. The van der Waals surface area contributed by atoms with Crippen molar-refractivity contribution in [3.63, 3.8) is 0 Å². The molecular formula is C19H36N2. The van der Waals surface area contributed by atoms with Crippen LogP contribution in [0.2, 0.25) is 0 Å². The molecule has 0 radical (unpaired) electrons. The second kappa shape index (κ2) is 7.46. The summed E-state index contributed by atoms with van der Waals surface area (Å²) in [6.07, 6.45) is 14.3. The molecule has 0 bridgehead atoms.